The number of carbonyl (C=O) groups is 2. The smallest absolute Gasteiger partial charge is 0.272 e. The summed E-state index contributed by atoms with van der Waals surface area (Å²) in [6.45, 7) is 3.32. The van der Waals surface area contributed by atoms with Crippen LogP contribution in [0.2, 0.25) is 0 Å². The number of rotatable bonds is 6. The molecule has 0 aliphatic heterocycles. The molecule has 2 aromatic heterocycles. The van der Waals surface area contributed by atoms with Gasteiger partial charge in [0.05, 0.1) is 12.1 Å². The van der Waals surface area contributed by atoms with E-state index >= 15 is 0 Å². The van der Waals surface area contributed by atoms with Crippen molar-refractivity contribution < 1.29 is 14.7 Å². The second kappa shape index (κ2) is 7.33. The second-order valence-corrected chi connectivity index (χ2v) is 10.9. The number of pyridine rings is 1. The lowest BCUT2D eigenvalue weighted by molar-refractivity contribution is -0.124. The molecule has 2 aromatic rings. The van der Waals surface area contributed by atoms with Crippen molar-refractivity contribution in [3.8, 4) is 0 Å². The molecule has 0 aromatic carbocycles. The van der Waals surface area contributed by atoms with E-state index in [1.807, 2.05) is 18.2 Å². The molecule has 3 N–H and O–H groups in total. The van der Waals surface area contributed by atoms with Crippen molar-refractivity contribution in [2.75, 3.05) is 11.9 Å². The van der Waals surface area contributed by atoms with Crippen molar-refractivity contribution in [2.45, 2.75) is 64.3 Å². The zero-order valence-electron chi connectivity index (χ0n) is 18.4. The minimum atomic E-state index is -0.734. The molecule has 0 radical (unpaired) electrons. The number of imidazole rings is 1. The van der Waals surface area contributed by atoms with Crippen LogP contribution >= 0.6 is 0 Å². The van der Waals surface area contributed by atoms with Gasteiger partial charge in [-0.05, 0) is 87.7 Å². The number of hydrogen-bond donors (Lipinski definition) is 3. The Morgan fingerprint density at radius 2 is 1.81 bits per heavy atom. The van der Waals surface area contributed by atoms with Gasteiger partial charge in [-0.2, -0.15) is 0 Å². The molecular weight excluding hydrogens is 392 g/mol. The summed E-state index contributed by atoms with van der Waals surface area (Å²) in [6.07, 6.45) is 9.93. The highest BCUT2D eigenvalue weighted by Gasteiger charge is 2.51. The first-order valence-electron chi connectivity index (χ1n) is 11.5. The lowest BCUT2D eigenvalue weighted by Gasteiger charge is -2.56. The topological polar surface area (TPSA) is 95.7 Å². The molecule has 4 aliphatic rings. The number of carbonyl (C=O) groups excluding carboxylic acids is 2. The van der Waals surface area contributed by atoms with Crippen LogP contribution in [0.4, 0.5) is 5.82 Å². The molecule has 7 nitrogen and oxygen atoms in total. The van der Waals surface area contributed by atoms with Crippen molar-refractivity contribution in [1.82, 2.24) is 14.7 Å². The van der Waals surface area contributed by atoms with Gasteiger partial charge in [-0.3, -0.25) is 14.0 Å². The summed E-state index contributed by atoms with van der Waals surface area (Å²) < 4.78 is 1.75. The molecular formula is C24H32N4O3. The molecule has 166 valence electrons. The number of aliphatic hydroxyl groups excluding tert-OH is 1. The van der Waals surface area contributed by atoms with Crippen LogP contribution in [0.3, 0.4) is 0 Å². The highest BCUT2D eigenvalue weighted by atomic mass is 16.3. The number of aromatic nitrogens is 2. The van der Waals surface area contributed by atoms with Crippen LogP contribution in [0.25, 0.3) is 5.65 Å². The molecule has 2 heterocycles. The Balaban J connectivity index is 1.32. The fraction of sp³-hybridized carbons (Fsp3) is 0.625. The van der Waals surface area contributed by atoms with Gasteiger partial charge in [0.15, 0.2) is 0 Å². The Kier molecular flexibility index (Phi) is 4.84. The van der Waals surface area contributed by atoms with Crippen LogP contribution < -0.4 is 10.6 Å². The van der Waals surface area contributed by atoms with E-state index in [-0.39, 0.29) is 29.5 Å². The molecule has 4 fully saturated rings. The molecule has 4 saturated carbocycles. The average Bonchev–Trinajstić information content (AvgIpc) is 3.12. The van der Waals surface area contributed by atoms with Gasteiger partial charge in [0.1, 0.15) is 17.2 Å². The van der Waals surface area contributed by atoms with Crippen LogP contribution in [-0.4, -0.2) is 38.5 Å². The van der Waals surface area contributed by atoms with Gasteiger partial charge in [-0.25, -0.2) is 4.98 Å². The third kappa shape index (κ3) is 3.95. The van der Waals surface area contributed by atoms with Crippen molar-refractivity contribution in [1.29, 1.82) is 0 Å². The first kappa shape index (κ1) is 20.5. The van der Waals surface area contributed by atoms with E-state index in [1.165, 1.54) is 38.5 Å². The summed E-state index contributed by atoms with van der Waals surface area (Å²) in [6, 6.07) is 5.48. The standard InChI is InChI=1S/C24H32N4O3/c1-23(2,14-29)27-22(31)18-13-28-19(25-18)4-3-5-20(28)26-21(30)12-24-9-15-6-16(10-24)8-17(7-15)11-24/h3-5,13,15-17,29H,6-12,14H2,1-2H3,(H,26,30)(H,27,31). The average molecular weight is 425 g/mol. The fourth-order valence-corrected chi connectivity index (χ4v) is 6.67. The van der Waals surface area contributed by atoms with Crippen LogP contribution in [0.15, 0.2) is 24.4 Å². The largest absolute Gasteiger partial charge is 0.394 e. The fourth-order valence-electron chi connectivity index (χ4n) is 6.67. The maximum Gasteiger partial charge on any atom is 0.272 e. The number of fused-ring (bicyclic) bond motifs is 1. The zero-order chi connectivity index (χ0) is 21.8. The van der Waals surface area contributed by atoms with E-state index in [2.05, 4.69) is 15.6 Å². The Hall–Kier alpha value is -2.41. The first-order valence-corrected chi connectivity index (χ1v) is 11.5. The van der Waals surface area contributed by atoms with E-state index in [0.29, 0.717) is 17.9 Å². The highest BCUT2D eigenvalue weighted by Crippen LogP contribution is 2.61. The first-order chi connectivity index (χ1) is 14.7. The van der Waals surface area contributed by atoms with Crippen LogP contribution in [0, 0.1) is 23.2 Å². The Bertz CT molecular complexity index is 990. The monoisotopic (exact) mass is 424 g/mol. The molecule has 0 saturated heterocycles. The lowest BCUT2D eigenvalue weighted by Crippen LogP contribution is -2.47. The van der Waals surface area contributed by atoms with E-state index in [1.54, 1.807) is 24.4 Å². The van der Waals surface area contributed by atoms with Gasteiger partial charge >= 0.3 is 0 Å². The number of nitrogens with one attached hydrogen (secondary N) is 2. The summed E-state index contributed by atoms with van der Waals surface area (Å²) in [5.74, 6) is 2.78. The van der Waals surface area contributed by atoms with Gasteiger partial charge in [0.25, 0.3) is 5.91 Å². The molecule has 7 heteroatoms. The number of aliphatic hydroxyl groups is 1. The molecule has 4 aliphatic carbocycles. The SMILES string of the molecule is CC(C)(CO)NC(=O)c1cn2c(NC(=O)CC34CC5CC(CC(C5)C3)C4)cccc2n1. The quantitative estimate of drug-likeness (QED) is 0.662. The van der Waals surface area contributed by atoms with Crippen LogP contribution in [0.1, 0.15) is 69.3 Å². The molecule has 4 bridgehead atoms. The van der Waals surface area contributed by atoms with Crippen molar-refractivity contribution in [2.24, 2.45) is 23.2 Å². The van der Waals surface area contributed by atoms with E-state index in [9.17, 15) is 14.7 Å². The van der Waals surface area contributed by atoms with E-state index in [0.717, 1.165) is 17.8 Å². The molecule has 2 amide bonds. The zero-order valence-corrected chi connectivity index (χ0v) is 18.4. The summed E-state index contributed by atoms with van der Waals surface area (Å²) in [5, 5.41) is 15.3. The third-order valence-corrected chi connectivity index (χ3v) is 7.54. The van der Waals surface area contributed by atoms with Gasteiger partial charge in [-0.1, -0.05) is 6.07 Å². The molecule has 6 rings (SSSR count). The molecule has 31 heavy (non-hydrogen) atoms. The summed E-state index contributed by atoms with van der Waals surface area (Å²) in [5.41, 5.74) is 0.300. The molecule has 0 unspecified atom stereocenters. The minimum absolute atomic E-state index is 0.0514. The second-order valence-electron chi connectivity index (χ2n) is 10.9. The predicted molar refractivity (Wildman–Crippen MR) is 118 cm³/mol. The molecule has 0 spiro atoms. The van der Waals surface area contributed by atoms with Crippen molar-refractivity contribution >= 4 is 23.3 Å². The summed E-state index contributed by atoms with van der Waals surface area (Å²) in [7, 11) is 0. The van der Waals surface area contributed by atoms with Crippen LogP contribution in [0.5, 0.6) is 0 Å². The normalized spacial score (nSPS) is 29.3. The number of anilines is 1. The maximum absolute atomic E-state index is 13.1. The van der Waals surface area contributed by atoms with Crippen molar-refractivity contribution in [3.63, 3.8) is 0 Å². The Labute approximate surface area is 182 Å². The lowest BCUT2D eigenvalue weighted by atomic mass is 9.49. The number of nitrogens with zero attached hydrogens (tertiary/aromatic N) is 2. The van der Waals surface area contributed by atoms with E-state index < -0.39 is 5.54 Å². The third-order valence-electron chi connectivity index (χ3n) is 7.54. The summed E-state index contributed by atoms with van der Waals surface area (Å²) >= 11 is 0. The van der Waals surface area contributed by atoms with Gasteiger partial charge < -0.3 is 15.7 Å². The highest BCUT2D eigenvalue weighted by molar-refractivity contribution is 5.94. The predicted octanol–water partition coefficient (Wildman–Crippen LogP) is 3.38. The van der Waals surface area contributed by atoms with Gasteiger partial charge in [0.2, 0.25) is 5.91 Å². The number of hydrogen-bond acceptors (Lipinski definition) is 4. The Morgan fingerprint density at radius 1 is 1.16 bits per heavy atom. The van der Waals surface area contributed by atoms with Crippen LogP contribution in [-0.2, 0) is 4.79 Å². The number of amides is 2. The van der Waals surface area contributed by atoms with Crippen molar-refractivity contribution in [3.05, 3.63) is 30.1 Å². The van der Waals surface area contributed by atoms with Gasteiger partial charge in [-0.15, -0.1) is 0 Å². The minimum Gasteiger partial charge on any atom is -0.394 e. The maximum atomic E-state index is 13.1. The van der Waals surface area contributed by atoms with E-state index in [4.69, 9.17) is 0 Å². The summed E-state index contributed by atoms with van der Waals surface area (Å²) in [4.78, 5) is 30.0. The Morgan fingerprint density at radius 3 is 2.42 bits per heavy atom. The van der Waals surface area contributed by atoms with Gasteiger partial charge in [0, 0.05) is 12.6 Å². The molecule has 0 atom stereocenters.